The average Bonchev–Trinajstić information content (AvgIpc) is 2.72. The number of ether oxygens (including phenoxy) is 1. The predicted molar refractivity (Wildman–Crippen MR) is 61.1 cm³/mol. The molecule has 1 atom stereocenters. The monoisotopic (exact) mass is 230 g/mol. The van der Waals surface area contributed by atoms with E-state index in [1.807, 2.05) is 5.38 Å². The number of hydrogen-bond acceptors (Lipinski definition) is 5. The van der Waals surface area contributed by atoms with Gasteiger partial charge in [0, 0.05) is 19.0 Å². The van der Waals surface area contributed by atoms with Gasteiger partial charge < -0.3 is 15.2 Å². The van der Waals surface area contributed by atoms with Crippen LogP contribution in [0, 0.1) is 0 Å². The summed E-state index contributed by atoms with van der Waals surface area (Å²) >= 11 is 1.68. The van der Waals surface area contributed by atoms with Crippen LogP contribution < -0.4 is 5.32 Å². The Morgan fingerprint density at radius 3 is 3.00 bits per heavy atom. The van der Waals surface area contributed by atoms with Crippen molar-refractivity contribution in [2.24, 2.45) is 0 Å². The SMILES string of the molecule is CCc1nc(CNC(CO)COC)cs1. The van der Waals surface area contributed by atoms with Gasteiger partial charge in [-0.3, -0.25) is 0 Å². The molecule has 0 bridgehead atoms. The fourth-order valence-corrected chi connectivity index (χ4v) is 1.96. The molecule has 0 aliphatic rings. The molecule has 4 nitrogen and oxygen atoms in total. The van der Waals surface area contributed by atoms with Crippen molar-refractivity contribution in [3.05, 3.63) is 16.1 Å². The molecule has 1 heterocycles. The van der Waals surface area contributed by atoms with Gasteiger partial charge in [-0.05, 0) is 6.42 Å². The summed E-state index contributed by atoms with van der Waals surface area (Å²) in [6.07, 6.45) is 0.978. The summed E-state index contributed by atoms with van der Waals surface area (Å²) in [6.45, 7) is 3.38. The van der Waals surface area contributed by atoms with E-state index in [2.05, 4.69) is 17.2 Å². The van der Waals surface area contributed by atoms with Gasteiger partial charge in [-0.2, -0.15) is 0 Å². The lowest BCUT2D eigenvalue weighted by atomic mass is 10.3. The van der Waals surface area contributed by atoms with E-state index in [1.165, 1.54) is 0 Å². The molecule has 0 aromatic carbocycles. The third-order valence-electron chi connectivity index (χ3n) is 2.06. The van der Waals surface area contributed by atoms with Gasteiger partial charge >= 0.3 is 0 Å². The van der Waals surface area contributed by atoms with Crippen molar-refractivity contribution in [3.63, 3.8) is 0 Å². The second-order valence-electron chi connectivity index (χ2n) is 3.30. The van der Waals surface area contributed by atoms with Crippen molar-refractivity contribution in [2.45, 2.75) is 25.9 Å². The van der Waals surface area contributed by atoms with Crippen LogP contribution in [0.4, 0.5) is 0 Å². The molecular weight excluding hydrogens is 212 g/mol. The van der Waals surface area contributed by atoms with Crippen molar-refractivity contribution < 1.29 is 9.84 Å². The van der Waals surface area contributed by atoms with E-state index in [0.29, 0.717) is 13.2 Å². The van der Waals surface area contributed by atoms with E-state index in [0.717, 1.165) is 17.1 Å². The largest absolute Gasteiger partial charge is 0.395 e. The molecule has 0 radical (unpaired) electrons. The average molecular weight is 230 g/mol. The molecule has 0 saturated carbocycles. The van der Waals surface area contributed by atoms with Gasteiger partial charge in [0.25, 0.3) is 0 Å². The van der Waals surface area contributed by atoms with Gasteiger partial charge in [-0.1, -0.05) is 6.92 Å². The molecule has 2 N–H and O–H groups in total. The standard InChI is InChI=1S/C10H18N2O2S/c1-3-10-12-8(7-15-10)4-11-9(5-13)6-14-2/h7,9,11,13H,3-6H2,1-2H3. The Bertz CT molecular complexity index is 278. The summed E-state index contributed by atoms with van der Waals surface area (Å²) < 4.78 is 4.97. The fraction of sp³-hybridized carbons (Fsp3) is 0.700. The second-order valence-corrected chi connectivity index (χ2v) is 4.24. The zero-order valence-corrected chi connectivity index (χ0v) is 10.0. The molecule has 1 rings (SSSR count). The van der Waals surface area contributed by atoms with Gasteiger partial charge in [0.15, 0.2) is 0 Å². The molecule has 0 amide bonds. The summed E-state index contributed by atoms with van der Waals surface area (Å²) in [5.41, 5.74) is 1.03. The molecule has 0 fully saturated rings. The molecule has 1 aromatic heterocycles. The third-order valence-corrected chi connectivity index (χ3v) is 3.10. The zero-order chi connectivity index (χ0) is 11.1. The predicted octanol–water partition coefficient (Wildman–Crippen LogP) is 0.802. The maximum Gasteiger partial charge on any atom is 0.0926 e. The summed E-state index contributed by atoms with van der Waals surface area (Å²) in [7, 11) is 1.63. The Kier molecular flexibility index (Phi) is 5.78. The first-order chi connectivity index (χ1) is 7.30. The van der Waals surface area contributed by atoms with E-state index in [9.17, 15) is 0 Å². The van der Waals surface area contributed by atoms with Gasteiger partial charge in [0.05, 0.1) is 30.0 Å². The van der Waals surface area contributed by atoms with Crippen LogP contribution in [0.5, 0.6) is 0 Å². The number of hydrogen-bond donors (Lipinski definition) is 2. The van der Waals surface area contributed by atoms with Crippen molar-refractivity contribution >= 4 is 11.3 Å². The summed E-state index contributed by atoms with van der Waals surface area (Å²) in [5, 5.41) is 15.4. The molecule has 86 valence electrons. The molecule has 0 spiro atoms. The number of aliphatic hydroxyl groups is 1. The van der Waals surface area contributed by atoms with E-state index < -0.39 is 0 Å². The van der Waals surface area contributed by atoms with Crippen molar-refractivity contribution in [3.8, 4) is 0 Å². The number of aryl methyl sites for hydroxylation is 1. The minimum atomic E-state index is -0.0122. The summed E-state index contributed by atoms with van der Waals surface area (Å²) in [4.78, 5) is 4.43. The van der Waals surface area contributed by atoms with Gasteiger partial charge in [0.1, 0.15) is 0 Å². The number of nitrogens with one attached hydrogen (secondary N) is 1. The maximum absolute atomic E-state index is 9.03. The Balaban J connectivity index is 2.34. The lowest BCUT2D eigenvalue weighted by molar-refractivity contribution is 0.128. The first-order valence-electron chi connectivity index (χ1n) is 5.06. The molecule has 5 heteroatoms. The molecular formula is C10H18N2O2S. The van der Waals surface area contributed by atoms with Gasteiger partial charge in [0.2, 0.25) is 0 Å². The van der Waals surface area contributed by atoms with Crippen molar-refractivity contribution in [1.82, 2.24) is 10.3 Å². The Morgan fingerprint density at radius 2 is 2.47 bits per heavy atom. The van der Waals surface area contributed by atoms with Crippen LogP contribution in [0.25, 0.3) is 0 Å². The Labute approximate surface area is 94.3 Å². The van der Waals surface area contributed by atoms with Crippen LogP contribution >= 0.6 is 11.3 Å². The minimum absolute atomic E-state index is 0.0122. The molecule has 1 unspecified atom stereocenters. The number of nitrogens with zero attached hydrogens (tertiary/aromatic N) is 1. The second kappa shape index (κ2) is 6.90. The highest BCUT2D eigenvalue weighted by Crippen LogP contribution is 2.09. The molecule has 0 aliphatic carbocycles. The number of aromatic nitrogens is 1. The van der Waals surface area contributed by atoms with Crippen LogP contribution in [-0.4, -0.2) is 36.5 Å². The Morgan fingerprint density at radius 1 is 1.67 bits per heavy atom. The summed E-state index contributed by atoms with van der Waals surface area (Å²) in [6, 6.07) is -0.0122. The highest BCUT2D eigenvalue weighted by atomic mass is 32.1. The van der Waals surface area contributed by atoms with E-state index in [4.69, 9.17) is 9.84 Å². The van der Waals surface area contributed by atoms with Crippen LogP contribution in [-0.2, 0) is 17.7 Å². The third kappa shape index (κ3) is 4.25. The lowest BCUT2D eigenvalue weighted by Gasteiger charge is -2.13. The minimum Gasteiger partial charge on any atom is -0.395 e. The first kappa shape index (κ1) is 12.6. The quantitative estimate of drug-likeness (QED) is 0.727. The lowest BCUT2D eigenvalue weighted by Crippen LogP contribution is -2.35. The normalized spacial score (nSPS) is 13.0. The smallest absolute Gasteiger partial charge is 0.0926 e. The maximum atomic E-state index is 9.03. The van der Waals surface area contributed by atoms with Crippen molar-refractivity contribution in [2.75, 3.05) is 20.3 Å². The molecule has 0 aliphatic heterocycles. The molecule has 0 saturated heterocycles. The highest BCUT2D eigenvalue weighted by molar-refractivity contribution is 7.09. The molecule has 1 aromatic rings. The topological polar surface area (TPSA) is 54.4 Å². The van der Waals surface area contributed by atoms with E-state index in [1.54, 1.807) is 18.4 Å². The van der Waals surface area contributed by atoms with E-state index in [-0.39, 0.29) is 12.6 Å². The van der Waals surface area contributed by atoms with Crippen LogP contribution in [0.15, 0.2) is 5.38 Å². The molecule has 15 heavy (non-hydrogen) atoms. The number of rotatable bonds is 7. The number of methoxy groups -OCH3 is 1. The Hall–Kier alpha value is -0.490. The number of aliphatic hydroxyl groups excluding tert-OH is 1. The van der Waals surface area contributed by atoms with Gasteiger partial charge in [-0.25, -0.2) is 4.98 Å². The fourth-order valence-electron chi connectivity index (χ4n) is 1.22. The van der Waals surface area contributed by atoms with Crippen LogP contribution in [0.1, 0.15) is 17.6 Å². The highest BCUT2D eigenvalue weighted by Gasteiger charge is 2.07. The number of thiazole rings is 1. The van der Waals surface area contributed by atoms with Gasteiger partial charge in [-0.15, -0.1) is 11.3 Å². The van der Waals surface area contributed by atoms with E-state index >= 15 is 0 Å². The summed E-state index contributed by atoms with van der Waals surface area (Å²) in [5.74, 6) is 0. The van der Waals surface area contributed by atoms with Crippen molar-refractivity contribution in [1.29, 1.82) is 0 Å². The first-order valence-corrected chi connectivity index (χ1v) is 5.94. The van der Waals surface area contributed by atoms with Crippen LogP contribution in [0.3, 0.4) is 0 Å². The zero-order valence-electron chi connectivity index (χ0n) is 9.19. The van der Waals surface area contributed by atoms with Crippen LogP contribution in [0.2, 0.25) is 0 Å².